The fourth-order valence-corrected chi connectivity index (χ4v) is 1.36. The molecule has 0 radical (unpaired) electrons. The second-order valence-corrected chi connectivity index (χ2v) is 3.54. The maximum Gasteiger partial charge on any atom is 0.103 e. The zero-order chi connectivity index (χ0) is 10.4. The minimum Gasteiger partial charge on any atom is -0.469 e. The van der Waals surface area contributed by atoms with Crippen molar-refractivity contribution in [1.82, 2.24) is 5.32 Å². The van der Waals surface area contributed by atoms with Crippen LogP contribution >= 0.6 is 0 Å². The Bertz CT molecular complexity index is 287. The molecule has 0 aliphatic heterocycles. The highest BCUT2D eigenvalue weighted by Gasteiger charge is 2.06. The largest absolute Gasteiger partial charge is 0.469 e. The van der Waals surface area contributed by atoms with Gasteiger partial charge in [-0.3, -0.25) is 5.32 Å². The lowest BCUT2D eigenvalue weighted by atomic mass is 10.1. The first kappa shape index (κ1) is 10.8. The number of hydrogen-bond acceptors (Lipinski definition) is 3. The van der Waals surface area contributed by atoms with Gasteiger partial charge in [0.15, 0.2) is 0 Å². The van der Waals surface area contributed by atoms with Crippen molar-refractivity contribution in [2.45, 2.75) is 38.8 Å². The van der Waals surface area contributed by atoms with Crippen LogP contribution in [-0.4, -0.2) is 12.1 Å². The lowest BCUT2D eigenvalue weighted by Gasteiger charge is -2.14. The van der Waals surface area contributed by atoms with E-state index in [1.54, 1.807) is 6.26 Å². The Kier molecular flexibility index (Phi) is 4.21. The topological polar surface area (TPSA) is 49.0 Å². The Morgan fingerprint density at radius 1 is 1.57 bits per heavy atom. The van der Waals surface area contributed by atoms with Gasteiger partial charge in [-0.2, -0.15) is 5.26 Å². The summed E-state index contributed by atoms with van der Waals surface area (Å²) in [4.78, 5) is 0. The molecule has 1 rings (SSSR count). The molecule has 1 aromatic rings. The number of nitrogens with zero attached hydrogens (tertiary/aromatic N) is 1. The lowest BCUT2D eigenvalue weighted by Crippen LogP contribution is -2.33. The Labute approximate surface area is 84.7 Å². The van der Waals surface area contributed by atoms with Crippen molar-refractivity contribution in [3.63, 3.8) is 0 Å². The van der Waals surface area contributed by atoms with E-state index in [9.17, 15) is 0 Å². The molecule has 0 amide bonds. The van der Waals surface area contributed by atoms with Crippen LogP contribution in [0.2, 0.25) is 0 Å². The van der Waals surface area contributed by atoms with Crippen LogP contribution in [0.1, 0.15) is 26.0 Å². The standard InChI is InChI=1S/C11H16N2O/c1-9(13-10(2)8-12)5-6-11-4-3-7-14-11/h3-4,7,9-10,13H,5-6H2,1-2H3. The van der Waals surface area contributed by atoms with E-state index in [2.05, 4.69) is 18.3 Å². The van der Waals surface area contributed by atoms with Crippen molar-refractivity contribution >= 4 is 0 Å². The Hall–Kier alpha value is -1.27. The predicted molar refractivity (Wildman–Crippen MR) is 54.7 cm³/mol. The maximum absolute atomic E-state index is 8.60. The minimum absolute atomic E-state index is 0.0819. The van der Waals surface area contributed by atoms with E-state index in [1.165, 1.54) is 0 Å². The summed E-state index contributed by atoms with van der Waals surface area (Å²) in [6.07, 6.45) is 3.59. The molecular formula is C11H16N2O. The molecule has 1 heterocycles. The average Bonchev–Trinajstić information content (AvgIpc) is 2.67. The van der Waals surface area contributed by atoms with Gasteiger partial charge in [0, 0.05) is 12.5 Å². The molecule has 0 fully saturated rings. The third kappa shape index (κ3) is 3.63. The normalized spacial score (nSPS) is 14.6. The molecule has 2 unspecified atom stereocenters. The molecule has 3 nitrogen and oxygen atoms in total. The number of furan rings is 1. The summed E-state index contributed by atoms with van der Waals surface area (Å²) >= 11 is 0. The molecule has 0 saturated heterocycles. The van der Waals surface area contributed by atoms with Gasteiger partial charge in [-0.05, 0) is 32.4 Å². The van der Waals surface area contributed by atoms with Crippen LogP contribution in [-0.2, 0) is 6.42 Å². The lowest BCUT2D eigenvalue weighted by molar-refractivity contribution is 0.451. The molecule has 0 saturated carbocycles. The molecule has 3 heteroatoms. The summed E-state index contributed by atoms with van der Waals surface area (Å²) in [5.74, 6) is 1.00. The van der Waals surface area contributed by atoms with Gasteiger partial charge in [0.1, 0.15) is 5.76 Å². The van der Waals surface area contributed by atoms with E-state index in [4.69, 9.17) is 9.68 Å². The maximum atomic E-state index is 8.60. The molecule has 2 atom stereocenters. The van der Waals surface area contributed by atoms with Crippen LogP contribution in [0, 0.1) is 11.3 Å². The van der Waals surface area contributed by atoms with E-state index in [1.807, 2.05) is 19.1 Å². The minimum atomic E-state index is -0.0819. The van der Waals surface area contributed by atoms with Crippen LogP contribution < -0.4 is 5.32 Å². The first-order valence-electron chi connectivity index (χ1n) is 4.90. The summed E-state index contributed by atoms with van der Waals surface area (Å²) < 4.78 is 5.22. The summed E-state index contributed by atoms with van der Waals surface area (Å²) in [6, 6.07) is 6.28. The van der Waals surface area contributed by atoms with Crippen LogP contribution in [0.3, 0.4) is 0 Å². The van der Waals surface area contributed by atoms with Gasteiger partial charge in [0.05, 0.1) is 18.4 Å². The summed E-state index contributed by atoms with van der Waals surface area (Å²) in [6.45, 7) is 3.94. The highest BCUT2D eigenvalue weighted by Crippen LogP contribution is 2.05. The van der Waals surface area contributed by atoms with Gasteiger partial charge < -0.3 is 4.42 Å². The Morgan fingerprint density at radius 3 is 2.93 bits per heavy atom. The van der Waals surface area contributed by atoms with E-state index in [-0.39, 0.29) is 6.04 Å². The summed E-state index contributed by atoms with van der Waals surface area (Å²) in [5, 5.41) is 11.8. The van der Waals surface area contributed by atoms with Crippen molar-refractivity contribution in [2.75, 3.05) is 0 Å². The number of nitrogens with one attached hydrogen (secondary N) is 1. The zero-order valence-corrected chi connectivity index (χ0v) is 8.66. The third-order valence-corrected chi connectivity index (χ3v) is 2.13. The molecule has 76 valence electrons. The van der Waals surface area contributed by atoms with Gasteiger partial charge in [-0.15, -0.1) is 0 Å². The molecule has 14 heavy (non-hydrogen) atoms. The van der Waals surface area contributed by atoms with Gasteiger partial charge >= 0.3 is 0 Å². The second kappa shape index (κ2) is 5.46. The highest BCUT2D eigenvalue weighted by molar-refractivity contribution is 4.98. The molecule has 0 spiro atoms. The molecule has 1 aromatic heterocycles. The van der Waals surface area contributed by atoms with E-state index in [0.29, 0.717) is 6.04 Å². The first-order chi connectivity index (χ1) is 6.72. The van der Waals surface area contributed by atoms with E-state index in [0.717, 1.165) is 18.6 Å². The first-order valence-corrected chi connectivity index (χ1v) is 4.90. The van der Waals surface area contributed by atoms with Crippen molar-refractivity contribution < 1.29 is 4.42 Å². The quantitative estimate of drug-likeness (QED) is 0.777. The zero-order valence-electron chi connectivity index (χ0n) is 8.66. The van der Waals surface area contributed by atoms with Gasteiger partial charge in [0.2, 0.25) is 0 Å². The van der Waals surface area contributed by atoms with Gasteiger partial charge in [0.25, 0.3) is 0 Å². The Balaban J connectivity index is 2.22. The predicted octanol–water partition coefficient (Wildman–Crippen LogP) is 2.10. The summed E-state index contributed by atoms with van der Waals surface area (Å²) in [5.41, 5.74) is 0. The number of hydrogen-bond donors (Lipinski definition) is 1. The molecule has 0 aliphatic carbocycles. The molecule has 0 bridgehead atoms. The SMILES string of the molecule is CC(C#N)NC(C)CCc1ccco1. The van der Waals surface area contributed by atoms with Crippen LogP contribution in [0.5, 0.6) is 0 Å². The van der Waals surface area contributed by atoms with Crippen molar-refractivity contribution in [2.24, 2.45) is 0 Å². The van der Waals surface area contributed by atoms with Gasteiger partial charge in [-0.25, -0.2) is 0 Å². The number of rotatable bonds is 5. The number of nitriles is 1. The number of aryl methyl sites for hydroxylation is 1. The monoisotopic (exact) mass is 192 g/mol. The van der Waals surface area contributed by atoms with Crippen LogP contribution in [0.4, 0.5) is 0 Å². The second-order valence-electron chi connectivity index (χ2n) is 3.54. The van der Waals surface area contributed by atoms with E-state index >= 15 is 0 Å². The van der Waals surface area contributed by atoms with E-state index < -0.39 is 0 Å². The molecule has 1 N–H and O–H groups in total. The molecule has 0 aliphatic rings. The van der Waals surface area contributed by atoms with Crippen molar-refractivity contribution in [1.29, 1.82) is 5.26 Å². The average molecular weight is 192 g/mol. The fraction of sp³-hybridized carbons (Fsp3) is 0.545. The third-order valence-electron chi connectivity index (χ3n) is 2.13. The Morgan fingerprint density at radius 2 is 2.36 bits per heavy atom. The van der Waals surface area contributed by atoms with Gasteiger partial charge in [-0.1, -0.05) is 0 Å². The van der Waals surface area contributed by atoms with Crippen molar-refractivity contribution in [3.05, 3.63) is 24.2 Å². The molecular weight excluding hydrogens is 176 g/mol. The van der Waals surface area contributed by atoms with Crippen LogP contribution in [0.25, 0.3) is 0 Å². The smallest absolute Gasteiger partial charge is 0.103 e. The van der Waals surface area contributed by atoms with Crippen molar-refractivity contribution in [3.8, 4) is 6.07 Å². The summed E-state index contributed by atoms with van der Waals surface area (Å²) in [7, 11) is 0. The highest BCUT2D eigenvalue weighted by atomic mass is 16.3. The molecule has 0 aromatic carbocycles. The van der Waals surface area contributed by atoms with Crippen LogP contribution in [0.15, 0.2) is 22.8 Å². The fourth-order valence-electron chi connectivity index (χ4n) is 1.36.